The van der Waals surface area contributed by atoms with Gasteiger partial charge in [0.1, 0.15) is 17.4 Å². The van der Waals surface area contributed by atoms with Crippen LogP contribution < -0.4 is 10.6 Å². The topological polar surface area (TPSA) is 117 Å². The lowest BCUT2D eigenvalue weighted by Crippen LogP contribution is -2.29. The molecule has 2 aromatic heterocycles. The standard InChI is InChI=1S/C18H16FN5O3/c19-13-3-1-4-14(12(13)11-20)21-8-9-22-16(25)6-7-17-23-18(24-27-17)15-5-2-10-26-15/h1-5,10,21H,6-9H2,(H,22,25). The van der Waals surface area contributed by atoms with Gasteiger partial charge in [0.25, 0.3) is 0 Å². The number of nitrogens with zero attached hydrogens (tertiary/aromatic N) is 3. The second-order valence-corrected chi connectivity index (χ2v) is 5.54. The number of carbonyl (C=O) groups is 1. The average Bonchev–Trinajstić information content (AvgIpc) is 3.35. The quantitative estimate of drug-likeness (QED) is 0.586. The van der Waals surface area contributed by atoms with Crippen molar-refractivity contribution in [3.63, 3.8) is 0 Å². The molecule has 0 saturated carbocycles. The number of hydrogen-bond acceptors (Lipinski definition) is 7. The van der Waals surface area contributed by atoms with E-state index in [0.717, 1.165) is 0 Å². The molecule has 2 N–H and O–H groups in total. The number of rotatable bonds is 8. The first kappa shape index (κ1) is 18.1. The first-order valence-corrected chi connectivity index (χ1v) is 8.23. The van der Waals surface area contributed by atoms with Gasteiger partial charge in [0, 0.05) is 25.9 Å². The van der Waals surface area contributed by atoms with E-state index in [2.05, 4.69) is 20.8 Å². The highest BCUT2D eigenvalue weighted by molar-refractivity contribution is 5.76. The van der Waals surface area contributed by atoms with Gasteiger partial charge in [0.2, 0.25) is 17.6 Å². The first-order chi connectivity index (χ1) is 13.2. The highest BCUT2D eigenvalue weighted by atomic mass is 19.1. The molecule has 0 radical (unpaired) electrons. The number of carbonyl (C=O) groups excluding carboxylic acids is 1. The number of nitriles is 1. The van der Waals surface area contributed by atoms with Crippen molar-refractivity contribution in [2.45, 2.75) is 12.8 Å². The Balaban J connectivity index is 1.39. The van der Waals surface area contributed by atoms with Crippen LogP contribution in [0, 0.1) is 17.1 Å². The third-order valence-corrected chi connectivity index (χ3v) is 3.66. The van der Waals surface area contributed by atoms with E-state index in [4.69, 9.17) is 14.2 Å². The Morgan fingerprint density at radius 2 is 2.15 bits per heavy atom. The van der Waals surface area contributed by atoms with Crippen molar-refractivity contribution in [2.75, 3.05) is 18.4 Å². The second-order valence-electron chi connectivity index (χ2n) is 5.54. The molecule has 0 aliphatic carbocycles. The number of amides is 1. The zero-order chi connectivity index (χ0) is 19.1. The van der Waals surface area contributed by atoms with Crippen LogP contribution in [-0.4, -0.2) is 29.1 Å². The van der Waals surface area contributed by atoms with Crippen molar-refractivity contribution in [1.82, 2.24) is 15.5 Å². The zero-order valence-electron chi connectivity index (χ0n) is 14.2. The van der Waals surface area contributed by atoms with Crippen molar-refractivity contribution in [1.29, 1.82) is 5.26 Å². The van der Waals surface area contributed by atoms with E-state index in [1.165, 1.54) is 18.4 Å². The Morgan fingerprint density at radius 3 is 2.93 bits per heavy atom. The summed E-state index contributed by atoms with van der Waals surface area (Å²) in [5.41, 5.74) is 0.343. The SMILES string of the molecule is N#Cc1c(F)cccc1NCCNC(=O)CCc1nc(-c2ccco2)no1. The molecule has 2 heterocycles. The molecule has 1 aromatic carbocycles. The third-order valence-electron chi connectivity index (χ3n) is 3.66. The molecule has 8 nitrogen and oxygen atoms in total. The maximum absolute atomic E-state index is 13.5. The fourth-order valence-electron chi connectivity index (χ4n) is 2.36. The molecule has 3 aromatic rings. The first-order valence-electron chi connectivity index (χ1n) is 8.23. The molecule has 3 rings (SSSR count). The van der Waals surface area contributed by atoms with Crippen molar-refractivity contribution in [3.05, 3.63) is 53.9 Å². The third kappa shape index (κ3) is 4.70. The van der Waals surface area contributed by atoms with Gasteiger partial charge in [-0.1, -0.05) is 11.2 Å². The molecule has 27 heavy (non-hydrogen) atoms. The number of hydrogen-bond donors (Lipinski definition) is 2. The van der Waals surface area contributed by atoms with Gasteiger partial charge < -0.3 is 19.6 Å². The van der Waals surface area contributed by atoms with E-state index in [0.29, 0.717) is 42.7 Å². The highest BCUT2D eigenvalue weighted by Crippen LogP contribution is 2.17. The molecule has 138 valence electrons. The number of benzene rings is 1. The summed E-state index contributed by atoms with van der Waals surface area (Å²) in [6.07, 6.45) is 1.99. The van der Waals surface area contributed by atoms with Crippen LogP contribution in [0.3, 0.4) is 0 Å². The van der Waals surface area contributed by atoms with Crippen molar-refractivity contribution < 1.29 is 18.1 Å². The largest absolute Gasteiger partial charge is 0.461 e. The van der Waals surface area contributed by atoms with Crippen LogP contribution in [0.5, 0.6) is 0 Å². The molecule has 1 amide bonds. The molecule has 0 aliphatic heterocycles. The normalized spacial score (nSPS) is 10.4. The van der Waals surface area contributed by atoms with Crippen molar-refractivity contribution in [2.24, 2.45) is 0 Å². The van der Waals surface area contributed by atoms with Gasteiger partial charge in [-0.2, -0.15) is 10.2 Å². The summed E-state index contributed by atoms with van der Waals surface area (Å²) in [7, 11) is 0. The average molecular weight is 369 g/mol. The summed E-state index contributed by atoms with van der Waals surface area (Å²) in [5, 5.41) is 18.4. The fourth-order valence-corrected chi connectivity index (χ4v) is 2.36. The summed E-state index contributed by atoms with van der Waals surface area (Å²) < 4.78 is 23.7. The lowest BCUT2D eigenvalue weighted by molar-refractivity contribution is -0.121. The Kier molecular flexibility index (Phi) is 5.79. The maximum atomic E-state index is 13.5. The van der Waals surface area contributed by atoms with Gasteiger partial charge >= 0.3 is 0 Å². The molecule has 0 aliphatic rings. The Bertz CT molecular complexity index is 946. The minimum atomic E-state index is -0.583. The van der Waals surface area contributed by atoms with Crippen molar-refractivity contribution in [3.8, 4) is 17.7 Å². The Morgan fingerprint density at radius 1 is 1.26 bits per heavy atom. The lowest BCUT2D eigenvalue weighted by Gasteiger charge is -2.09. The lowest BCUT2D eigenvalue weighted by atomic mass is 10.2. The number of furan rings is 1. The molecule has 0 bridgehead atoms. The molecule has 0 atom stereocenters. The summed E-state index contributed by atoms with van der Waals surface area (Å²) in [5.74, 6) is 0.403. The summed E-state index contributed by atoms with van der Waals surface area (Å²) in [6.45, 7) is 0.675. The van der Waals surface area contributed by atoms with E-state index in [1.807, 2.05) is 6.07 Å². The number of halogens is 1. The van der Waals surface area contributed by atoms with Crippen molar-refractivity contribution >= 4 is 11.6 Å². The maximum Gasteiger partial charge on any atom is 0.238 e. The number of aryl methyl sites for hydroxylation is 1. The van der Waals surface area contributed by atoms with Crippen LogP contribution >= 0.6 is 0 Å². The molecule has 0 unspecified atom stereocenters. The monoisotopic (exact) mass is 369 g/mol. The molecule has 0 spiro atoms. The summed E-state index contributed by atoms with van der Waals surface area (Å²) >= 11 is 0. The predicted octanol–water partition coefficient (Wildman–Crippen LogP) is 2.50. The van der Waals surface area contributed by atoms with Gasteiger partial charge in [-0.05, 0) is 24.3 Å². The van der Waals surface area contributed by atoms with Gasteiger partial charge in [0.15, 0.2) is 5.76 Å². The minimum absolute atomic E-state index is 0.0485. The Hall–Kier alpha value is -3.67. The molecular formula is C18H16FN5O3. The van der Waals surface area contributed by atoms with Gasteiger partial charge in [-0.25, -0.2) is 4.39 Å². The number of aromatic nitrogens is 2. The number of nitrogens with one attached hydrogen (secondary N) is 2. The van der Waals surface area contributed by atoms with Crippen LogP contribution in [0.15, 0.2) is 45.5 Å². The van der Waals surface area contributed by atoms with Crippen LogP contribution in [0.4, 0.5) is 10.1 Å². The predicted molar refractivity (Wildman–Crippen MR) is 92.9 cm³/mol. The number of anilines is 1. The second kappa shape index (κ2) is 8.62. The van der Waals surface area contributed by atoms with E-state index in [1.54, 1.807) is 18.2 Å². The smallest absolute Gasteiger partial charge is 0.238 e. The van der Waals surface area contributed by atoms with Crippen LogP contribution in [0.2, 0.25) is 0 Å². The fraction of sp³-hybridized carbons (Fsp3) is 0.222. The zero-order valence-corrected chi connectivity index (χ0v) is 14.2. The molecule has 0 fully saturated rings. The summed E-state index contributed by atoms with van der Waals surface area (Å²) in [4.78, 5) is 16.0. The van der Waals surface area contributed by atoms with Gasteiger partial charge in [0.05, 0.1) is 12.0 Å². The minimum Gasteiger partial charge on any atom is -0.461 e. The summed E-state index contributed by atoms with van der Waals surface area (Å²) in [6, 6.07) is 9.58. The molecule has 0 saturated heterocycles. The van der Waals surface area contributed by atoms with Gasteiger partial charge in [-0.15, -0.1) is 0 Å². The van der Waals surface area contributed by atoms with E-state index in [9.17, 15) is 9.18 Å². The van der Waals surface area contributed by atoms with E-state index >= 15 is 0 Å². The van der Waals surface area contributed by atoms with Crippen LogP contribution in [-0.2, 0) is 11.2 Å². The molecular weight excluding hydrogens is 353 g/mol. The molecule has 9 heteroatoms. The van der Waals surface area contributed by atoms with Crippen LogP contribution in [0.25, 0.3) is 11.6 Å². The Labute approximate surface area is 154 Å². The van der Waals surface area contributed by atoms with E-state index in [-0.39, 0.29) is 17.9 Å². The highest BCUT2D eigenvalue weighted by Gasteiger charge is 2.12. The van der Waals surface area contributed by atoms with Crippen LogP contribution in [0.1, 0.15) is 17.9 Å². The van der Waals surface area contributed by atoms with Gasteiger partial charge in [-0.3, -0.25) is 4.79 Å². The van der Waals surface area contributed by atoms with E-state index < -0.39 is 5.82 Å².